The third-order valence-corrected chi connectivity index (χ3v) is 3.70. The monoisotopic (exact) mass is 264 g/mol. The molecule has 1 aromatic heterocycles. The van der Waals surface area contributed by atoms with E-state index in [1.165, 1.54) is 6.42 Å². The van der Waals surface area contributed by atoms with Gasteiger partial charge in [-0.3, -0.25) is 4.79 Å². The molecule has 0 aliphatic carbocycles. The Labute approximate surface area is 114 Å². The van der Waals surface area contributed by atoms with Gasteiger partial charge in [-0.1, -0.05) is 6.92 Å². The zero-order chi connectivity index (χ0) is 13.7. The van der Waals surface area contributed by atoms with Crippen molar-refractivity contribution < 1.29 is 0 Å². The lowest BCUT2D eigenvalue weighted by Gasteiger charge is -2.36. The van der Waals surface area contributed by atoms with Gasteiger partial charge < -0.3 is 14.8 Å². The van der Waals surface area contributed by atoms with Crippen LogP contribution in [-0.4, -0.2) is 35.7 Å². The van der Waals surface area contributed by atoms with E-state index in [1.807, 2.05) is 7.05 Å². The topological polar surface area (TPSA) is 50.2 Å². The first-order valence-electron chi connectivity index (χ1n) is 7.24. The molecule has 0 aromatic carbocycles. The molecule has 106 valence electrons. The molecule has 2 heterocycles. The first-order chi connectivity index (χ1) is 9.27. The molecule has 0 bridgehead atoms. The second kappa shape index (κ2) is 6.70. The van der Waals surface area contributed by atoms with Gasteiger partial charge in [0, 0.05) is 38.1 Å². The van der Waals surface area contributed by atoms with E-state index in [0.717, 1.165) is 38.9 Å². The molecule has 5 heteroatoms. The second-order valence-electron chi connectivity index (χ2n) is 5.15. The molecule has 5 nitrogen and oxygen atoms in total. The highest BCUT2D eigenvalue weighted by Gasteiger charge is 2.25. The van der Waals surface area contributed by atoms with E-state index in [1.54, 1.807) is 17.0 Å². The van der Waals surface area contributed by atoms with Crippen LogP contribution in [0, 0.1) is 0 Å². The normalized spacial score (nSPS) is 19.7. The maximum absolute atomic E-state index is 12.4. The molecule has 1 saturated heterocycles. The highest BCUT2D eigenvalue weighted by Crippen LogP contribution is 2.20. The molecule has 1 N–H and O–H groups in total. The first kappa shape index (κ1) is 14.1. The van der Waals surface area contributed by atoms with Crippen molar-refractivity contribution in [3.63, 3.8) is 0 Å². The molecule has 0 saturated carbocycles. The van der Waals surface area contributed by atoms with E-state index in [2.05, 4.69) is 22.1 Å². The number of nitrogens with one attached hydrogen (secondary N) is 1. The lowest BCUT2D eigenvalue weighted by molar-refractivity contribution is 0.440. The summed E-state index contributed by atoms with van der Waals surface area (Å²) >= 11 is 0. The van der Waals surface area contributed by atoms with E-state index >= 15 is 0 Å². The van der Waals surface area contributed by atoms with Gasteiger partial charge in [-0.2, -0.15) is 0 Å². The van der Waals surface area contributed by atoms with Crippen molar-refractivity contribution in [3.05, 3.63) is 22.7 Å². The van der Waals surface area contributed by atoms with Gasteiger partial charge >= 0.3 is 0 Å². The number of anilines is 1. The number of likely N-dealkylation sites (N-methyl/N-ethyl adjacent to an activating group) is 1. The van der Waals surface area contributed by atoms with Gasteiger partial charge in [0.15, 0.2) is 5.82 Å². The van der Waals surface area contributed by atoms with E-state index < -0.39 is 0 Å². The van der Waals surface area contributed by atoms with Gasteiger partial charge in [0.1, 0.15) is 0 Å². The maximum Gasteiger partial charge on any atom is 0.293 e. The summed E-state index contributed by atoms with van der Waals surface area (Å²) in [6.07, 6.45) is 8.00. The number of hydrogen-bond donors (Lipinski definition) is 1. The standard InChI is InChI=1S/C14H24N4O/c1-3-8-17-10-7-16-13(14(17)19)18-9-5-4-6-12(18)11-15-2/h7,10,12,15H,3-6,8-9,11H2,1-2H3. The summed E-state index contributed by atoms with van der Waals surface area (Å²) in [5.74, 6) is 0.621. The minimum Gasteiger partial charge on any atom is -0.348 e. The van der Waals surface area contributed by atoms with Crippen LogP contribution in [0.1, 0.15) is 32.6 Å². The van der Waals surface area contributed by atoms with Crippen LogP contribution >= 0.6 is 0 Å². The van der Waals surface area contributed by atoms with Crippen molar-refractivity contribution >= 4 is 5.82 Å². The molecule has 1 aromatic rings. The Bertz CT molecular complexity index is 455. The van der Waals surface area contributed by atoms with Gasteiger partial charge in [0.2, 0.25) is 0 Å². The Hall–Kier alpha value is -1.36. The van der Waals surface area contributed by atoms with Gasteiger partial charge in [-0.25, -0.2) is 4.98 Å². The third-order valence-electron chi connectivity index (χ3n) is 3.70. The van der Waals surface area contributed by atoms with Gasteiger partial charge in [0.05, 0.1) is 0 Å². The molecule has 2 rings (SSSR count). The summed E-state index contributed by atoms with van der Waals surface area (Å²) in [7, 11) is 1.96. The number of piperidine rings is 1. The fourth-order valence-electron chi connectivity index (χ4n) is 2.78. The lowest BCUT2D eigenvalue weighted by Crippen LogP contribution is -2.48. The maximum atomic E-state index is 12.4. The number of aromatic nitrogens is 2. The molecular weight excluding hydrogens is 240 g/mol. The predicted molar refractivity (Wildman–Crippen MR) is 77.7 cm³/mol. The summed E-state index contributed by atoms with van der Waals surface area (Å²) in [5, 5.41) is 3.22. The zero-order valence-electron chi connectivity index (χ0n) is 11.9. The molecule has 19 heavy (non-hydrogen) atoms. The van der Waals surface area contributed by atoms with Gasteiger partial charge in [0.25, 0.3) is 5.56 Å². The Morgan fingerprint density at radius 1 is 1.47 bits per heavy atom. The Balaban J connectivity index is 2.28. The van der Waals surface area contributed by atoms with E-state index in [9.17, 15) is 4.79 Å². The van der Waals surface area contributed by atoms with Crippen LogP contribution in [0.5, 0.6) is 0 Å². The molecule has 1 atom stereocenters. The highest BCUT2D eigenvalue weighted by atomic mass is 16.1. The molecule has 0 radical (unpaired) electrons. The summed E-state index contributed by atoms with van der Waals surface area (Å²) in [5.41, 5.74) is 0.0485. The molecular formula is C14H24N4O. The first-order valence-corrected chi connectivity index (χ1v) is 7.24. The van der Waals surface area contributed by atoms with Crippen LogP contribution in [0.15, 0.2) is 17.2 Å². The smallest absolute Gasteiger partial charge is 0.293 e. The van der Waals surface area contributed by atoms with Crippen LogP contribution < -0.4 is 15.8 Å². The van der Waals surface area contributed by atoms with Crippen molar-refractivity contribution in [2.45, 2.75) is 45.2 Å². The minimum atomic E-state index is 0.0485. The van der Waals surface area contributed by atoms with Crippen LogP contribution in [0.4, 0.5) is 5.82 Å². The van der Waals surface area contributed by atoms with Crippen LogP contribution in [0.25, 0.3) is 0 Å². The average Bonchev–Trinajstić information content (AvgIpc) is 2.43. The predicted octanol–water partition coefficient (Wildman–Crippen LogP) is 1.23. The summed E-state index contributed by atoms with van der Waals surface area (Å²) in [6.45, 7) is 4.69. The summed E-state index contributed by atoms with van der Waals surface area (Å²) in [4.78, 5) is 19.0. The van der Waals surface area contributed by atoms with Gasteiger partial charge in [-0.15, -0.1) is 0 Å². The number of rotatable bonds is 5. The average molecular weight is 264 g/mol. The van der Waals surface area contributed by atoms with Gasteiger partial charge in [-0.05, 0) is 32.7 Å². The zero-order valence-corrected chi connectivity index (χ0v) is 11.9. The van der Waals surface area contributed by atoms with Crippen molar-refractivity contribution in [1.29, 1.82) is 0 Å². The largest absolute Gasteiger partial charge is 0.348 e. The number of hydrogen-bond acceptors (Lipinski definition) is 4. The summed E-state index contributed by atoms with van der Waals surface area (Å²) < 4.78 is 1.77. The van der Waals surface area contributed by atoms with Crippen molar-refractivity contribution in [2.75, 3.05) is 25.0 Å². The van der Waals surface area contributed by atoms with Crippen LogP contribution in [-0.2, 0) is 6.54 Å². The van der Waals surface area contributed by atoms with E-state index in [4.69, 9.17) is 0 Å². The van der Waals surface area contributed by atoms with E-state index in [-0.39, 0.29) is 5.56 Å². The number of nitrogens with zero attached hydrogens (tertiary/aromatic N) is 3. The van der Waals surface area contributed by atoms with Crippen molar-refractivity contribution in [2.24, 2.45) is 0 Å². The fourth-order valence-corrected chi connectivity index (χ4v) is 2.78. The van der Waals surface area contributed by atoms with Crippen LogP contribution in [0.3, 0.4) is 0 Å². The highest BCUT2D eigenvalue weighted by molar-refractivity contribution is 5.38. The minimum absolute atomic E-state index is 0.0485. The molecule has 0 spiro atoms. The Kier molecular flexibility index (Phi) is 4.96. The summed E-state index contributed by atoms with van der Waals surface area (Å²) in [6, 6.07) is 0.386. The van der Waals surface area contributed by atoms with Crippen molar-refractivity contribution in [1.82, 2.24) is 14.9 Å². The van der Waals surface area contributed by atoms with Crippen LogP contribution in [0.2, 0.25) is 0 Å². The lowest BCUT2D eigenvalue weighted by atomic mass is 10.0. The number of aryl methyl sites for hydroxylation is 1. The van der Waals surface area contributed by atoms with E-state index in [0.29, 0.717) is 11.9 Å². The Morgan fingerprint density at radius 2 is 2.32 bits per heavy atom. The Morgan fingerprint density at radius 3 is 3.05 bits per heavy atom. The van der Waals surface area contributed by atoms with Crippen molar-refractivity contribution in [3.8, 4) is 0 Å². The molecule has 1 aliphatic heterocycles. The SMILES string of the molecule is CCCn1ccnc(N2CCCCC2CNC)c1=O. The molecule has 1 aliphatic rings. The quantitative estimate of drug-likeness (QED) is 0.869. The second-order valence-corrected chi connectivity index (χ2v) is 5.15. The molecule has 1 unspecified atom stereocenters. The molecule has 1 fully saturated rings. The fraction of sp³-hybridized carbons (Fsp3) is 0.714. The molecule has 0 amide bonds. The third kappa shape index (κ3) is 3.15.